The van der Waals surface area contributed by atoms with E-state index in [1.165, 1.54) is 18.9 Å². The van der Waals surface area contributed by atoms with Crippen molar-refractivity contribution < 1.29 is 14.7 Å². The summed E-state index contributed by atoms with van der Waals surface area (Å²) in [5, 5.41) is 12.5. The molecule has 3 saturated carbocycles. The maximum atomic E-state index is 11.8. The molecule has 4 aliphatic rings. The standard InChI is InChI=1S/C22H29NO3/c1-4-22(26-14(2)24)12-10-20-19-7-5-15-13-16(23-25)6-8-17(15)18(19)9-11-21(20,22)3/h1,13,17-20,25H,5-12H2,2-3H3/b23-16-/t17-,18+,19+,20-,21-,22-/m0/s1. The van der Waals surface area contributed by atoms with E-state index in [-0.39, 0.29) is 11.4 Å². The molecule has 0 spiro atoms. The second kappa shape index (κ2) is 6.15. The minimum atomic E-state index is -0.728. The number of oxime groups is 1. The first-order valence-electron chi connectivity index (χ1n) is 10.0. The lowest BCUT2D eigenvalue weighted by Crippen LogP contribution is -2.53. The molecule has 4 aliphatic carbocycles. The summed E-state index contributed by atoms with van der Waals surface area (Å²) in [5.74, 6) is 5.17. The molecular weight excluding hydrogens is 326 g/mol. The third-order valence-corrected chi connectivity index (χ3v) is 8.11. The lowest BCUT2D eigenvalue weighted by molar-refractivity contribution is -0.167. The first kappa shape index (κ1) is 17.6. The van der Waals surface area contributed by atoms with Crippen molar-refractivity contribution in [3.63, 3.8) is 0 Å². The van der Waals surface area contributed by atoms with Crippen LogP contribution in [0.15, 0.2) is 16.8 Å². The number of ether oxygens (including phenoxy) is 1. The van der Waals surface area contributed by atoms with Gasteiger partial charge in [-0.05, 0) is 81.1 Å². The van der Waals surface area contributed by atoms with E-state index in [1.54, 1.807) is 0 Å². The first-order valence-corrected chi connectivity index (χ1v) is 10.0. The molecule has 6 atom stereocenters. The molecule has 0 aromatic carbocycles. The van der Waals surface area contributed by atoms with Gasteiger partial charge in [0.25, 0.3) is 0 Å². The van der Waals surface area contributed by atoms with Crippen LogP contribution in [-0.2, 0) is 9.53 Å². The maximum absolute atomic E-state index is 11.8. The highest BCUT2D eigenvalue weighted by Crippen LogP contribution is 2.65. The molecule has 26 heavy (non-hydrogen) atoms. The average molecular weight is 355 g/mol. The van der Waals surface area contributed by atoms with E-state index in [1.807, 2.05) is 0 Å². The van der Waals surface area contributed by atoms with Gasteiger partial charge >= 0.3 is 5.97 Å². The zero-order valence-corrected chi connectivity index (χ0v) is 15.8. The van der Waals surface area contributed by atoms with Gasteiger partial charge in [-0.1, -0.05) is 23.6 Å². The zero-order chi connectivity index (χ0) is 18.5. The highest BCUT2D eigenvalue weighted by Gasteiger charge is 2.64. The molecule has 0 aromatic rings. The Kier molecular flexibility index (Phi) is 4.17. The Hall–Kier alpha value is -1.76. The van der Waals surface area contributed by atoms with Crippen LogP contribution < -0.4 is 0 Å². The van der Waals surface area contributed by atoms with E-state index < -0.39 is 5.60 Å². The van der Waals surface area contributed by atoms with Gasteiger partial charge in [0, 0.05) is 12.3 Å². The second-order valence-electron chi connectivity index (χ2n) is 8.99. The van der Waals surface area contributed by atoms with Gasteiger partial charge in [0.1, 0.15) is 0 Å². The SMILES string of the molecule is C#C[C@]1(OC(C)=O)CC[C@H]2[C@@H]3CCC4=C/C(=N\O)CC[C@@H]4[C@H]3CC[C@@]21C. The third kappa shape index (κ3) is 2.36. The van der Waals surface area contributed by atoms with Crippen LogP contribution in [0.4, 0.5) is 0 Å². The average Bonchev–Trinajstić information content (AvgIpc) is 2.93. The topological polar surface area (TPSA) is 58.9 Å². The Morgan fingerprint density at radius 3 is 2.77 bits per heavy atom. The van der Waals surface area contributed by atoms with Gasteiger partial charge in [0.15, 0.2) is 5.60 Å². The Morgan fingerprint density at radius 2 is 2.08 bits per heavy atom. The molecule has 0 heterocycles. The Morgan fingerprint density at radius 1 is 1.27 bits per heavy atom. The largest absolute Gasteiger partial charge is 0.445 e. The predicted octanol–water partition coefficient (Wildman–Crippen LogP) is 4.32. The first-order chi connectivity index (χ1) is 12.4. The lowest BCUT2D eigenvalue weighted by atomic mass is 9.50. The molecule has 0 saturated heterocycles. The molecule has 0 aromatic heterocycles. The summed E-state index contributed by atoms with van der Waals surface area (Å²) in [5.41, 5.74) is 1.48. The molecule has 0 aliphatic heterocycles. The van der Waals surface area contributed by atoms with Crippen molar-refractivity contribution in [2.75, 3.05) is 0 Å². The van der Waals surface area contributed by atoms with Crippen LogP contribution in [0.3, 0.4) is 0 Å². The number of terminal acetylenes is 1. The van der Waals surface area contributed by atoms with Crippen LogP contribution in [0.5, 0.6) is 0 Å². The smallest absolute Gasteiger partial charge is 0.304 e. The summed E-state index contributed by atoms with van der Waals surface area (Å²) in [6.07, 6.45) is 16.3. The van der Waals surface area contributed by atoms with Crippen LogP contribution in [0.2, 0.25) is 0 Å². The van der Waals surface area contributed by atoms with Gasteiger partial charge in [-0.15, -0.1) is 6.42 Å². The van der Waals surface area contributed by atoms with Crippen molar-refractivity contribution in [2.45, 2.75) is 70.8 Å². The Labute approximate surface area is 156 Å². The van der Waals surface area contributed by atoms with E-state index in [0.29, 0.717) is 23.7 Å². The molecule has 4 rings (SSSR count). The van der Waals surface area contributed by atoms with Gasteiger partial charge < -0.3 is 9.94 Å². The van der Waals surface area contributed by atoms with Gasteiger partial charge in [0.05, 0.1) is 5.71 Å². The van der Waals surface area contributed by atoms with E-state index in [9.17, 15) is 4.79 Å². The summed E-state index contributed by atoms with van der Waals surface area (Å²) in [6, 6.07) is 0. The number of hydrogen-bond donors (Lipinski definition) is 1. The normalized spacial score (nSPS) is 45.7. The molecule has 0 unspecified atom stereocenters. The van der Waals surface area contributed by atoms with Crippen molar-refractivity contribution in [1.29, 1.82) is 0 Å². The number of hydrogen-bond acceptors (Lipinski definition) is 4. The Balaban J connectivity index is 1.63. The number of carbonyl (C=O) groups is 1. The molecule has 3 fully saturated rings. The monoisotopic (exact) mass is 355 g/mol. The fraction of sp³-hybridized carbons (Fsp3) is 0.727. The number of esters is 1. The van der Waals surface area contributed by atoms with Crippen LogP contribution in [-0.4, -0.2) is 22.5 Å². The predicted molar refractivity (Wildman–Crippen MR) is 99.6 cm³/mol. The van der Waals surface area contributed by atoms with E-state index in [0.717, 1.165) is 50.7 Å². The van der Waals surface area contributed by atoms with Gasteiger partial charge in [-0.3, -0.25) is 4.79 Å². The minimum absolute atomic E-state index is 0.109. The molecular formula is C22H29NO3. The number of nitrogens with zero attached hydrogens (tertiary/aromatic N) is 1. The minimum Gasteiger partial charge on any atom is -0.445 e. The fourth-order valence-electron chi connectivity index (χ4n) is 6.95. The quantitative estimate of drug-likeness (QED) is 0.330. The van der Waals surface area contributed by atoms with Crippen molar-refractivity contribution in [3.05, 3.63) is 11.6 Å². The van der Waals surface area contributed by atoms with E-state index in [4.69, 9.17) is 16.4 Å². The van der Waals surface area contributed by atoms with Crippen LogP contribution in [0.25, 0.3) is 0 Å². The van der Waals surface area contributed by atoms with Crippen LogP contribution in [0, 0.1) is 41.4 Å². The van der Waals surface area contributed by atoms with Gasteiger partial charge in [0.2, 0.25) is 0 Å². The van der Waals surface area contributed by atoms with E-state index >= 15 is 0 Å². The van der Waals surface area contributed by atoms with E-state index in [2.05, 4.69) is 24.1 Å². The summed E-state index contributed by atoms with van der Waals surface area (Å²) >= 11 is 0. The number of carbonyl (C=O) groups excluding carboxylic acids is 1. The molecule has 140 valence electrons. The number of fused-ring (bicyclic) bond motifs is 5. The van der Waals surface area contributed by atoms with Crippen LogP contribution >= 0.6 is 0 Å². The zero-order valence-electron chi connectivity index (χ0n) is 15.8. The molecule has 0 radical (unpaired) electrons. The molecule has 0 bridgehead atoms. The molecule has 1 N–H and O–H groups in total. The Bertz CT molecular complexity index is 717. The summed E-state index contributed by atoms with van der Waals surface area (Å²) < 4.78 is 5.81. The summed E-state index contributed by atoms with van der Waals surface area (Å²) in [4.78, 5) is 11.8. The number of rotatable bonds is 1. The summed E-state index contributed by atoms with van der Waals surface area (Å²) in [7, 11) is 0. The van der Waals surface area contributed by atoms with Crippen LogP contribution in [0.1, 0.15) is 65.2 Å². The fourth-order valence-corrected chi connectivity index (χ4v) is 6.95. The van der Waals surface area contributed by atoms with Crippen molar-refractivity contribution in [1.82, 2.24) is 0 Å². The maximum Gasteiger partial charge on any atom is 0.304 e. The highest BCUT2D eigenvalue weighted by atomic mass is 16.6. The summed E-state index contributed by atoms with van der Waals surface area (Å²) in [6.45, 7) is 3.74. The highest BCUT2D eigenvalue weighted by molar-refractivity contribution is 5.96. The molecule has 4 heteroatoms. The van der Waals surface area contributed by atoms with Crippen molar-refractivity contribution >= 4 is 11.7 Å². The van der Waals surface area contributed by atoms with Crippen molar-refractivity contribution in [3.8, 4) is 12.3 Å². The third-order valence-electron chi connectivity index (χ3n) is 8.11. The second-order valence-corrected chi connectivity index (χ2v) is 8.99. The van der Waals surface area contributed by atoms with Gasteiger partial charge in [-0.2, -0.15) is 0 Å². The number of allylic oxidation sites excluding steroid dienone is 2. The lowest BCUT2D eigenvalue weighted by Gasteiger charge is -2.55. The molecule has 0 amide bonds. The van der Waals surface area contributed by atoms with Crippen molar-refractivity contribution in [2.24, 2.45) is 34.2 Å². The molecule has 4 nitrogen and oxygen atoms in total. The van der Waals surface area contributed by atoms with Gasteiger partial charge in [-0.25, -0.2) is 0 Å².